The van der Waals surface area contributed by atoms with Crippen LogP contribution in [0.1, 0.15) is 23.7 Å². The number of nitrogen functional groups attached to an aromatic ring is 1. The summed E-state index contributed by atoms with van der Waals surface area (Å²) < 4.78 is 38.1. The van der Waals surface area contributed by atoms with Crippen LogP contribution in [0.3, 0.4) is 0 Å². The van der Waals surface area contributed by atoms with Gasteiger partial charge in [-0.1, -0.05) is 0 Å². The van der Waals surface area contributed by atoms with E-state index in [-0.39, 0.29) is 17.8 Å². The molecular weight excluding hydrogens is 293 g/mol. The van der Waals surface area contributed by atoms with Crippen molar-refractivity contribution in [1.29, 1.82) is 0 Å². The van der Waals surface area contributed by atoms with Gasteiger partial charge >= 0.3 is 6.18 Å². The lowest BCUT2D eigenvalue weighted by Gasteiger charge is -2.14. The maximum Gasteiger partial charge on any atom is 0.433 e. The molecule has 0 aliphatic carbocycles. The minimum absolute atomic E-state index is 0.0166. The summed E-state index contributed by atoms with van der Waals surface area (Å²) in [5.41, 5.74) is 0.938. The number of aromatic nitrogens is 3. The van der Waals surface area contributed by atoms with Crippen LogP contribution in [0.15, 0.2) is 17.6 Å². The van der Waals surface area contributed by atoms with Crippen LogP contribution in [0.2, 0.25) is 0 Å². The predicted molar refractivity (Wildman–Crippen MR) is 69.0 cm³/mol. The van der Waals surface area contributed by atoms with E-state index >= 15 is 0 Å². The standard InChI is InChI=1S/C10H11F3N6S/c1-5(8-15-2-3-20-8)16-7-4-6(10(11,12)13)17-9(18-7)19-14/h2-5H,14H2,1H3,(H2,16,17,18,19). The lowest BCUT2D eigenvalue weighted by molar-refractivity contribution is -0.141. The van der Waals surface area contributed by atoms with Gasteiger partial charge in [0.25, 0.3) is 0 Å². The quantitative estimate of drug-likeness (QED) is 0.594. The Morgan fingerprint density at radius 3 is 2.65 bits per heavy atom. The second-order valence-electron chi connectivity index (χ2n) is 3.84. The summed E-state index contributed by atoms with van der Waals surface area (Å²) in [4.78, 5) is 11.2. The number of hydrogen-bond donors (Lipinski definition) is 3. The van der Waals surface area contributed by atoms with Gasteiger partial charge in [0.2, 0.25) is 5.95 Å². The lowest BCUT2D eigenvalue weighted by Crippen LogP contribution is -2.17. The number of hydrazine groups is 1. The molecule has 0 aliphatic heterocycles. The van der Waals surface area contributed by atoms with E-state index in [9.17, 15) is 13.2 Å². The zero-order valence-electron chi connectivity index (χ0n) is 10.3. The van der Waals surface area contributed by atoms with Gasteiger partial charge in [0.1, 0.15) is 10.8 Å². The zero-order valence-corrected chi connectivity index (χ0v) is 11.1. The number of hydrogen-bond acceptors (Lipinski definition) is 7. The third-order valence-electron chi connectivity index (χ3n) is 2.33. The molecule has 2 heterocycles. The Morgan fingerprint density at radius 2 is 2.10 bits per heavy atom. The highest BCUT2D eigenvalue weighted by Gasteiger charge is 2.33. The van der Waals surface area contributed by atoms with Gasteiger partial charge in [-0.3, -0.25) is 5.43 Å². The molecule has 4 N–H and O–H groups in total. The summed E-state index contributed by atoms with van der Waals surface area (Å²) in [6, 6.07) is 0.543. The first-order valence-corrected chi connectivity index (χ1v) is 6.37. The summed E-state index contributed by atoms with van der Waals surface area (Å²) in [6.07, 6.45) is -2.96. The van der Waals surface area contributed by atoms with Crippen LogP contribution < -0.4 is 16.6 Å². The summed E-state index contributed by atoms with van der Waals surface area (Å²) in [5.74, 6) is 4.78. The molecule has 108 valence electrons. The highest BCUT2D eigenvalue weighted by molar-refractivity contribution is 7.09. The van der Waals surface area contributed by atoms with E-state index in [1.807, 2.05) is 5.43 Å². The molecule has 10 heteroatoms. The monoisotopic (exact) mass is 304 g/mol. The number of thiazole rings is 1. The highest BCUT2D eigenvalue weighted by atomic mass is 32.1. The molecule has 0 saturated carbocycles. The Balaban J connectivity index is 2.27. The van der Waals surface area contributed by atoms with Crippen LogP contribution in [0.5, 0.6) is 0 Å². The van der Waals surface area contributed by atoms with Crippen molar-refractivity contribution in [3.63, 3.8) is 0 Å². The van der Waals surface area contributed by atoms with Crippen LogP contribution in [-0.4, -0.2) is 15.0 Å². The molecule has 20 heavy (non-hydrogen) atoms. The minimum atomic E-state index is -4.57. The summed E-state index contributed by atoms with van der Waals surface area (Å²) in [6.45, 7) is 1.77. The van der Waals surface area contributed by atoms with Gasteiger partial charge in [-0.15, -0.1) is 11.3 Å². The number of nitrogens with one attached hydrogen (secondary N) is 2. The molecule has 0 spiro atoms. The van der Waals surface area contributed by atoms with E-state index in [1.165, 1.54) is 11.3 Å². The fraction of sp³-hybridized carbons (Fsp3) is 0.300. The van der Waals surface area contributed by atoms with E-state index in [0.717, 1.165) is 11.1 Å². The number of alkyl halides is 3. The maximum atomic E-state index is 12.7. The molecule has 2 aromatic heterocycles. The van der Waals surface area contributed by atoms with Crippen LogP contribution in [-0.2, 0) is 6.18 Å². The highest BCUT2D eigenvalue weighted by Crippen LogP contribution is 2.30. The third-order valence-corrected chi connectivity index (χ3v) is 3.29. The summed E-state index contributed by atoms with van der Waals surface area (Å²) in [5, 5.41) is 5.35. The fourth-order valence-electron chi connectivity index (χ4n) is 1.46. The number of anilines is 2. The van der Waals surface area contributed by atoms with Gasteiger partial charge < -0.3 is 5.32 Å². The Morgan fingerprint density at radius 1 is 1.35 bits per heavy atom. The first-order valence-electron chi connectivity index (χ1n) is 5.49. The second-order valence-corrected chi connectivity index (χ2v) is 4.77. The summed E-state index contributed by atoms with van der Waals surface area (Å²) in [7, 11) is 0. The fourth-order valence-corrected chi connectivity index (χ4v) is 2.11. The SMILES string of the molecule is CC(Nc1cc(C(F)(F)F)nc(NN)n1)c1nccs1. The molecule has 1 atom stereocenters. The van der Waals surface area contributed by atoms with Gasteiger partial charge in [-0.25, -0.2) is 15.8 Å². The van der Waals surface area contributed by atoms with Gasteiger partial charge in [0, 0.05) is 17.6 Å². The molecule has 1 unspecified atom stereocenters. The molecule has 2 aromatic rings. The Labute approximate surface area is 116 Å². The third kappa shape index (κ3) is 3.33. The van der Waals surface area contributed by atoms with Crippen molar-refractivity contribution in [3.05, 3.63) is 28.3 Å². The van der Waals surface area contributed by atoms with E-state index in [2.05, 4.69) is 20.3 Å². The van der Waals surface area contributed by atoms with Gasteiger partial charge in [0.15, 0.2) is 5.69 Å². The van der Waals surface area contributed by atoms with Crippen molar-refractivity contribution in [2.24, 2.45) is 5.84 Å². The molecular formula is C10H11F3N6S. The number of nitrogens with two attached hydrogens (primary N) is 1. The minimum Gasteiger partial charge on any atom is -0.361 e. The van der Waals surface area contributed by atoms with E-state index < -0.39 is 11.9 Å². The Hall–Kier alpha value is -1.94. The number of halogens is 3. The van der Waals surface area contributed by atoms with Crippen LogP contribution >= 0.6 is 11.3 Å². The van der Waals surface area contributed by atoms with Crippen molar-refractivity contribution < 1.29 is 13.2 Å². The normalized spacial score (nSPS) is 13.1. The largest absolute Gasteiger partial charge is 0.433 e. The van der Waals surface area contributed by atoms with Crippen molar-refractivity contribution in [2.75, 3.05) is 10.7 Å². The molecule has 0 aromatic carbocycles. The molecule has 0 radical (unpaired) electrons. The Kier molecular flexibility index (Phi) is 4.04. The molecule has 0 fully saturated rings. The van der Waals surface area contributed by atoms with E-state index in [0.29, 0.717) is 0 Å². The van der Waals surface area contributed by atoms with Crippen LogP contribution in [0.4, 0.5) is 24.9 Å². The lowest BCUT2D eigenvalue weighted by atomic mass is 10.3. The number of nitrogens with zero attached hydrogens (tertiary/aromatic N) is 3. The Bertz CT molecular complexity index is 571. The predicted octanol–water partition coefficient (Wildman–Crippen LogP) is 2.41. The molecule has 0 aliphatic rings. The van der Waals surface area contributed by atoms with E-state index in [1.54, 1.807) is 18.5 Å². The first kappa shape index (κ1) is 14.5. The zero-order chi connectivity index (χ0) is 14.8. The van der Waals surface area contributed by atoms with Crippen LogP contribution in [0, 0.1) is 0 Å². The van der Waals surface area contributed by atoms with Gasteiger partial charge in [-0.05, 0) is 6.92 Å². The van der Waals surface area contributed by atoms with Crippen molar-refractivity contribution in [1.82, 2.24) is 15.0 Å². The van der Waals surface area contributed by atoms with Crippen molar-refractivity contribution in [3.8, 4) is 0 Å². The average molecular weight is 304 g/mol. The smallest absolute Gasteiger partial charge is 0.361 e. The van der Waals surface area contributed by atoms with Crippen LogP contribution in [0.25, 0.3) is 0 Å². The molecule has 0 bridgehead atoms. The van der Waals surface area contributed by atoms with Crippen molar-refractivity contribution in [2.45, 2.75) is 19.1 Å². The molecule has 2 rings (SSSR count). The summed E-state index contributed by atoms with van der Waals surface area (Å²) >= 11 is 1.39. The van der Waals surface area contributed by atoms with Gasteiger partial charge in [-0.2, -0.15) is 18.2 Å². The average Bonchev–Trinajstić information content (AvgIpc) is 2.91. The molecule has 6 nitrogen and oxygen atoms in total. The molecule has 0 saturated heterocycles. The maximum absolute atomic E-state index is 12.7. The van der Waals surface area contributed by atoms with Gasteiger partial charge in [0.05, 0.1) is 6.04 Å². The topological polar surface area (TPSA) is 88.8 Å². The first-order chi connectivity index (χ1) is 9.40. The van der Waals surface area contributed by atoms with Crippen molar-refractivity contribution >= 4 is 23.1 Å². The number of rotatable bonds is 4. The van der Waals surface area contributed by atoms with E-state index in [4.69, 9.17) is 5.84 Å². The second kappa shape index (κ2) is 5.59. The molecule has 0 amide bonds.